The van der Waals surface area contributed by atoms with E-state index in [1.165, 1.54) is 25.9 Å². The highest BCUT2D eigenvalue weighted by Gasteiger charge is 2.18. The number of aliphatic hydroxyl groups is 1. The summed E-state index contributed by atoms with van der Waals surface area (Å²) < 4.78 is 0. The average molecular weight is 200 g/mol. The van der Waals surface area contributed by atoms with Crippen molar-refractivity contribution in [1.82, 2.24) is 10.2 Å². The highest BCUT2D eigenvalue weighted by Crippen LogP contribution is 2.14. The van der Waals surface area contributed by atoms with E-state index in [0.717, 1.165) is 12.5 Å². The molecule has 0 spiro atoms. The van der Waals surface area contributed by atoms with Crippen LogP contribution in [0.25, 0.3) is 0 Å². The van der Waals surface area contributed by atoms with E-state index in [1.807, 2.05) is 13.8 Å². The Morgan fingerprint density at radius 2 is 2.21 bits per heavy atom. The fourth-order valence-electron chi connectivity index (χ4n) is 1.96. The lowest BCUT2D eigenvalue weighted by Gasteiger charge is -2.31. The highest BCUT2D eigenvalue weighted by atomic mass is 16.3. The number of hydrogen-bond donors (Lipinski definition) is 2. The molecule has 1 fully saturated rings. The van der Waals surface area contributed by atoms with Crippen molar-refractivity contribution in [2.45, 2.75) is 38.8 Å². The normalized spacial score (nSPS) is 28.7. The van der Waals surface area contributed by atoms with Gasteiger partial charge in [-0.25, -0.2) is 0 Å². The summed E-state index contributed by atoms with van der Waals surface area (Å²) in [5, 5.41) is 12.7. The molecule has 14 heavy (non-hydrogen) atoms. The van der Waals surface area contributed by atoms with Crippen molar-refractivity contribution in [2.75, 3.05) is 26.7 Å². The van der Waals surface area contributed by atoms with Gasteiger partial charge in [-0.15, -0.1) is 0 Å². The van der Waals surface area contributed by atoms with E-state index in [0.29, 0.717) is 0 Å². The monoisotopic (exact) mass is 200 g/mol. The molecule has 3 atom stereocenters. The summed E-state index contributed by atoms with van der Waals surface area (Å²) in [5.74, 6) is 0.759. The first-order valence-corrected chi connectivity index (χ1v) is 5.69. The molecule has 84 valence electrons. The van der Waals surface area contributed by atoms with Crippen LogP contribution in [-0.4, -0.2) is 48.8 Å². The Morgan fingerprint density at radius 3 is 2.79 bits per heavy atom. The quantitative estimate of drug-likeness (QED) is 0.701. The summed E-state index contributed by atoms with van der Waals surface area (Å²) in [7, 11) is 2.18. The van der Waals surface area contributed by atoms with Gasteiger partial charge < -0.3 is 15.3 Å². The van der Waals surface area contributed by atoms with Gasteiger partial charge >= 0.3 is 0 Å². The Labute approximate surface area is 87.5 Å². The zero-order chi connectivity index (χ0) is 10.6. The molecule has 3 unspecified atom stereocenters. The summed E-state index contributed by atoms with van der Waals surface area (Å²) in [6.07, 6.45) is 2.38. The lowest BCUT2D eigenvalue weighted by molar-refractivity contribution is 0.141. The minimum atomic E-state index is -0.253. The van der Waals surface area contributed by atoms with Crippen LogP contribution in [0.3, 0.4) is 0 Å². The molecular formula is C11H24N2O. The zero-order valence-corrected chi connectivity index (χ0v) is 9.66. The fourth-order valence-corrected chi connectivity index (χ4v) is 1.96. The Morgan fingerprint density at radius 1 is 1.50 bits per heavy atom. The summed E-state index contributed by atoms with van der Waals surface area (Å²) >= 11 is 0. The average Bonchev–Trinajstić information content (AvgIpc) is 2.14. The number of aliphatic hydroxyl groups excluding tert-OH is 1. The van der Waals surface area contributed by atoms with Gasteiger partial charge in [-0.3, -0.25) is 0 Å². The van der Waals surface area contributed by atoms with Crippen LogP contribution in [0.4, 0.5) is 0 Å². The smallest absolute Gasteiger partial charge is 0.0662 e. The van der Waals surface area contributed by atoms with E-state index in [-0.39, 0.29) is 12.1 Å². The van der Waals surface area contributed by atoms with Crippen LogP contribution in [0.2, 0.25) is 0 Å². The molecule has 1 aliphatic heterocycles. The van der Waals surface area contributed by atoms with Crippen LogP contribution in [0.5, 0.6) is 0 Å². The van der Waals surface area contributed by atoms with Gasteiger partial charge in [0.25, 0.3) is 0 Å². The number of likely N-dealkylation sites (tertiary alicyclic amines) is 1. The van der Waals surface area contributed by atoms with Gasteiger partial charge in [-0.05, 0) is 52.7 Å². The van der Waals surface area contributed by atoms with E-state index in [4.69, 9.17) is 0 Å². The van der Waals surface area contributed by atoms with E-state index < -0.39 is 0 Å². The third-order valence-corrected chi connectivity index (χ3v) is 3.17. The third kappa shape index (κ3) is 3.95. The Balaban J connectivity index is 2.17. The Bertz CT molecular complexity index is 161. The van der Waals surface area contributed by atoms with E-state index >= 15 is 0 Å². The summed E-state index contributed by atoms with van der Waals surface area (Å²) in [6.45, 7) is 7.35. The Hall–Kier alpha value is -0.120. The number of nitrogens with zero attached hydrogens (tertiary/aromatic N) is 1. The van der Waals surface area contributed by atoms with Crippen LogP contribution in [-0.2, 0) is 0 Å². The van der Waals surface area contributed by atoms with Gasteiger partial charge in [0.1, 0.15) is 0 Å². The molecule has 3 nitrogen and oxygen atoms in total. The molecule has 0 saturated carbocycles. The molecule has 0 aliphatic carbocycles. The number of rotatable bonds is 4. The third-order valence-electron chi connectivity index (χ3n) is 3.17. The molecule has 2 N–H and O–H groups in total. The first-order valence-electron chi connectivity index (χ1n) is 5.69. The van der Waals surface area contributed by atoms with Crippen molar-refractivity contribution >= 4 is 0 Å². The predicted molar refractivity (Wildman–Crippen MR) is 59.4 cm³/mol. The SMILES string of the molecule is CC(O)C(C)NCC1CCCN(C)C1. The van der Waals surface area contributed by atoms with Crippen LogP contribution in [0.15, 0.2) is 0 Å². The van der Waals surface area contributed by atoms with Crippen LogP contribution in [0.1, 0.15) is 26.7 Å². The van der Waals surface area contributed by atoms with Gasteiger partial charge in [0, 0.05) is 12.6 Å². The molecule has 1 rings (SSSR count). The molecule has 1 aliphatic rings. The molecule has 0 aromatic heterocycles. The summed E-state index contributed by atoms with van der Waals surface area (Å²) in [4.78, 5) is 2.39. The van der Waals surface area contributed by atoms with Crippen LogP contribution in [0, 0.1) is 5.92 Å². The maximum absolute atomic E-state index is 9.33. The second kappa shape index (κ2) is 5.69. The molecule has 3 heteroatoms. The molecule has 1 saturated heterocycles. The molecule has 0 aromatic rings. The Kier molecular flexibility index (Phi) is 4.85. The zero-order valence-electron chi connectivity index (χ0n) is 9.66. The van der Waals surface area contributed by atoms with Crippen LogP contribution >= 0.6 is 0 Å². The topological polar surface area (TPSA) is 35.5 Å². The number of hydrogen-bond acceptors (Lipinski definition) is 3. The van der Waals surface area contributed by atoms with E-state index in [2.05, 4.69) is 17.3 Å². The first-order chi connectivity index (χ1) is 6.59. The van der Waals surface area contributed by atoms with Crippen molar-refractivity contribution in [3.05, 3.63) is 0 Å². The molecular weight excluding hydrogens is 176 g/mol. The molecule has 0 radical (unpaired) electrons. The minimum Gasteiger partial charge on any atom is -0.392 e. The first kappa shape index (κ1) is 12.0. The predicted octanol–water partition coefficient (Wildman–Crippen LogP) is 0.687. The van der Waals surface area contributed by atoms with Crippen molar-refractivity contribution in [3.8, 4) is 0 Å². The van der Waals surface area contributed by atoms with Gasteiger partial charge in [-0.1, -0.05) is 0 Å². The van der Waals surface area contributed by atoms with Gasteiger partial charge in [0.15, 0.2) is 0 Å². The molecule has 0 amide bonds. The fraction of sp³-hybridized carbons (Fsp3) is 1.00. The maximum Gasteiger partial charge on any atom is 0.0662 e. The van der Waals surface area contributed by atoms with Crippen molar-refractivity contribution in [1.29, 1.82) is 0 Å². The van der Waals surface area contributed by atoms with Crippen molar-refractivity contribution in [3.63, 3.8) is 0 Å². The summed E-state index contributed by atoms with van der Waals surface area (Å²) in [6, 6.07) is 0.210. The van der Waals surface area contributed by atoms with E-state index in [9.17, 15) is 5.11 Å². The lowest BCUT2D eigenvalue weighted by atomic mass is 9.98. The van der Waals surface area contributed by atoms with Gasteiger partial charge in [0.2, 0.25) is 0 Å². The number of piperidine rings is 1. The van der Waals surface area contributed by atoms with Crippen molar-refractivity contribution < 1.29 is 5.11 Å². The van der Waals surface area contributed by atoms with Crippen LogP contribution < -0.4 is 5.32 Å². The maximum atomic E-state index is 9.33. The second-order valence-electron chi connectivity index (χ2n) is 4.71. The highest BCUT2D eigenvalue weighted by molar-refractivity contribution is 4.75. The lowest BCUT2D eigenvalue weighted by Crippen LogP contribution is -2.42. The van der Waals surface area contributed by atoms with Crippen molar-refractivity contribution in [2.24, 2.45) is 5.92 Å². The summed E-state index contributed by atoms with van der Waals surface area (Å²) in [5.41, 5.74) is 0. The molecule has 0 bridgehead atoms. The molecule has 1 heterocycles. The standard InChI is InChI=1S/C11H24N2O/c1-9(10(2)14)12-7-11-5-4-6-13(3)8-11/h9-12,14H,4-8H2,1-3H3. The van der Waals surface area contributed by atoms with Gasteiger partial charge in [0.05, 0.1) is 6.10 Å². The largest absolute Gasteiger partial charge is 0.392 e. The second-order valence-corrected chi connectivity index (χ2v) is 4.71. The van der Waals surface area contributed by atoms with Gasteiger partial charge in [-0.2, -0.15) is 0 Å². The molecule has 0 aromatic carbocycles. The number of nitrogens with one attached hydrogen (secondary N) is 1. The minimum absolute atomic E-state index is 0.210. The van der Waals surface area contributed by atoms with E-state index in [1.54, 1.807) is 0 Å².